The van der Waals surface area contributed by atoms with Crippen LogP contribution >= 0.6 is 0 Å². The van der Waals surface area contributed by atoms with E-state index in [1.165, 1.54) is 18.5 Å². The van der Waals surface area contributed by atoms with Gasteiger partial charge in [0.2, 0.25) is 0 Å². The third-order valence-corrected chi connectivity index (χ3v) is 4.46. The molecule has 1 fully saturated rings. The van der Waals surface area contributed by atoms with Crippen molar-refractivity contribution in [1.29, 1.82) is 0 Å². The Labute approximate surface area is 129 Å². The van der Waals surface area contributed by atoms with Crippen molar-refractivity contribution < 1.29 is 0 Å². The van der Waals surface area contributed by atoms with E-state index in [9.17, 15) is 0 Å². The van der Waals surface area contributed by atoms with E-state index < -0.39 is 0 Å². The van der Waals surface area contributed by atoms with Crippen LogP contribution in [0.25, 0.3) is 11.0 Å². The van der Waals surface area contributed by atoms with Crippen LogP contribution in [0.1, 0.15) is 24.5 Å². The second-order valence-electron chi connectivity index (χ2n) is 5.88. The quantitative estimate of drug-likeness (QED) is 0.729. The van der Waals surface area contributed by atoms with E-state index in [1.807, 2.05) is 48.4 Å². The lowest BCUT2D eigenvalue weighted by atomic mass is 9.95. The number of fused-ring (bicyclic) bond motifs is 1. The lowest BCUT2D eigenvalue weighted by molar-refractivity contribution is 0.481. The molecule has 1 saturated heterocycles. The molecule has 0 saturated carbocycles. The zero-order chi connectivity index (χ0) is 14.9. The highest BCUT2D eigenvalue weighted by atomic mass is 15.3. The van der Waals surface area contributed by atoms with E-state index in [1.54, 1.807) is 0 Å². The standard InChI is InChI=1S/C17H19N5/c1-21-16(8-9-19-21)13-5-4-10-22(12-13)17-11-18-14-6-2-3-7-15(14)20-17/h2-3,6-9,11,13H,4-5,10,12H2,1H3/t13-/m0/s1. The van der Waals surface area contributed by atoms with Crippen molar-refractivity contribution in [3.63, 3.8) is 0 Å². The van der Waals surface area contributed by atoms with Gasteiger partial charge in [0, 0.05) is 37.9 Å². The molecule has 0 aliphatic carbocycles. The predicted octanol–water partition coefficient (Wildman–Crippen LogP) is 2.75. The zero-order valence-corrected chi connectivity index (χ0v) is 12.7. The Morgan fingerprint density at radius 2 is 2.00 bits per heavy atom. The molecule has 22 heavy (non-hydrogen) atoms. The first kappa shape index (κ1) is 13.2. The molecule has 5 heteroatoms. The number of aromatic nitrogens is 4. The summed E-state index contributed by atoms with van der Waals surface area (Å²) in [6, 6.07) is 10.2. The van der Waals surface area contributed by atoms with Crippen molar-refractivity contribution in [3.8, 4) is 0 Å². The summed E-state index contributed by atoms with van der Waals surface area (Å²) in [5, 5.41) is 4.30. The number of nitrogens with zero attached hydrogens (tertiary/aromatic N) is 5. The van der Waals surface area contributed by atoms with Crippen molar-refractivity contribution in [2.45, 2.75) is 18.8 Å². The fourth-order valence-electron chi connectivity index (χ4n) is 3.31. The van der Waals surface area contributed by atoms with E-state index in [2.05, 4.69) is 21.0 Å². The van der Waals surface area contributed by atoms with Crippen LogP contribution in [0.15, 0.2) is 42.7 Å². The third kappa shape index (κ3) is 2.32. The lowest BCUT2D eigenvalue weighted by Gasteiger charge is -2.33. The molecule has 112 valence electrons. The molecule has 0 unspecified atom stereocenters. The maximum atomic E-state index is 4.78. The molecule has 1 aliphatic rings. The smallest absolute Gasteiger partial charge is 0.147 e. The summed E-state index contributed by atoms with van der Waals surface area (Å²) in [7, 11) is 2.02. The van der Waals surface area contributed by atoms with Crippen LogP contribution < -0.4 is 4.90 Å². The molecule has 4 rings (SSSR count). The molecule has 0 bridgehead atoms. The van der Waals surface area contributed by atoms with Crippen LogP contribution in [0.2, 0.25) is 0 Å². The number of para-hydroxylation sites is 2. The fourth-order valence-corrected chi connectivity index (χ4v) is 3.31. The first-order chi connectivity index (χ1) is 10.8. The summed E-state index contributed by atoms with van der Waals surface area (Å²) < 4.78 is 1.99. The number of piperidine rings is 1. The number of benzene rings is 1. The Bertz CT molecular complexity index is 794. The van der Waals surface area contributed by atoms with Crippen molar-refractivity contribution in [2.24, 2.45) is 7.05 Å². The first-order valence-corrected chi connectivity index (χ1v) is 7.76. The number of rotatable bonds is 2. The second-order valence-corrected chi connectivity index (χ2v) is 5.88. The average Bonchev–Trinajstić information content (AvgIpc) is 3.00. The summed E-state index contributed by atoms with van der Waals surface area (Å²) in [5.74, 6) is 1.49. The molecule has 5 nitrogen and oxygen atoms in total. The highest BCUT2D eigenvalue weighted by Gasteiger charge is 2.24. The van der Waals surface area contributed by atoms with Gasteiger partial charge in [0.25, 0.3) is 0 Å². The minimum absolute atomic E-state index is 0.509. The molecular formula is C17H19N5. The van der Waals surface area contributed by atoms with Gasteiger partial charge in [-0.1, -0.05) is 12.1 Å². The van der Waals surface area contributed by atoms with E-state index in [-0.39, 0.29) is 0 Å². The monoisotopic (exact) mass is 293 g/mol. The molecule has 1 aromatic carbocycles. The Balaban J connectivity index is 1.62. The van der Waals surface area contributed by atoms with Gasteiger partial charge in [0.15, 0.2) is 0 Å². The van der Waals surface area contributed by atoms with E-state index in [0.717, 1.165) is 29.9 Å². The number of hydrogen-bond donors (Lipinski definition) is 0. The molecule has 0 spiro atoms. The molecule has 0 amide bonds. The Hall–Kier alpha value is -2.43. The summed E-state index contributed by atoms with van der Waals surface area (Å²) in [5.41, 5.74) is 3.22. The van der Waals surface area contributed by atoms with Gasteiger partial charge in [0.05, 0.1) is 17.2 Å². The second kappa shape index (κ2) is 5.40. The molecule has 1 atom stereocenters. The maximum Gasteiger partial charge on any atom is 0.147 e. The number of aryl methyl sites for hydroxylation is 1. The largest absolute Gasteiger partial charge is 0.355 e. The van der Waals surface area contributed by atoms with E-state index in [4.69, 9.17) is 4.98 Å². The van der Waals surface area contributed by atoms with Gasteiger partial charge in [-0.3, -0.25) is 9.67 Å². The number of anilines is 1. The molecule has 2 aromatic heterocycles. The summed E-state index contributed by atoms with van der Waals surface area (Å²) >= 11 is 0. The Kier molecular flexibility index (Phi) is 3.25. The third-order valence-electron chi connectivity index (χ3n) is 4.46. The SMILES string of the molecule is Cn1nccc1[C@H]1CCCN(c2cnc3ccccc3n2)C1. The van der Waals surface area contributed by atoms with Gasteiger partial charge >= 0.3 is 0 Å². The molecule has 3 aromatic rings. The summed E-state index contributed by atoms with van der Waals surface area (Å²) in [6.45, 7) is 2.02. The minimum Gasteiger partial charge on any atom is -0.355 e. The van der Waals surface area contributed by atoms with Gasteiger partial charge in [-0.25, -0.2) is 4.98 Å². The van der Waals surface area contributed by atoms with Crippen molar-refractivity contribution in [2.75, 3.05) is 18.0 Å². The minimum atomic E-state index is 0.509. The van der Waals surface area contributed by atoms with Crippen LogP contribution in [-0.2, 0) is 7.05 Å². The van der Waals surface area contributed by atoms with Crippen LogP contribution in [0.5, 0.6) is 0 Å². The Morgan fingerprint density at radius 1 is 1.14 bits per heavy atom. The van der Waals surface area contributed by atoms with Crippen LogP contribution in [0, 0.1) is 0 Å². The zero-order valence-electron chi connectivity index (χ0n) is 12.7. The van der Waals surface area contributed by atoms with Gasteiger partial charge < -0.3 is 4.90 Å². The van der Waals surface area contributed by atoms with E-state index >= 15 is 0 Å². The summed E-state index contributed by atoms with van der Waals surface area (Å²) in [6.07, 6.45) is 6.15. The van der Waals surface area contributed by atoms with Gasteiger partial charge in [0.1, 0.15) is 5.82 Å². The predicted molar refractivity (Wildman–Crippen MR) is 86.9 cm³/mol. The molecule has 0 N–H and O–H groups in total. The molecule has 1 aliphatic heterocycles. The van der Waals surface area contributed by atoms with Gasteiger partial charge in [-0.2, -0.15) is 5.10 Å². The normalized spacial score (nSPS) is 18.8. The maximum absolute atomic E-state index is 4.78. The van der Waals surface area contributed by atoms with Crippen LogP contribution in [0.4, 0.5) is 5.82 Å². The van der Waals surface area contributed by atoms with E-state index in [0.29, 0.717) is 5.92 Å². The lowest BCUT2D eigenvalue weighted by Crippen LogP contribution is -2.35. The van der Waals surface area contributed by atoms with Crippen molar-refractivity contribution >= 4 is 16.9 Å². The summed E-state index contributed by atoms with van der Waals surface area (Å²) in [4.78, 5) is 11.7. The van der Waals surface area contributed by atoms with Crippen LogP contribution in [0.3, 0.4) is 0 Å². The molecule has 3 heterocycles. The van der Waals surface area contributed by atoms with Crippen molar-refractivity contribution in [1.82, 2.24) is 19.7 Å². The fraction of sp³-hybridized carbons (Fsp3) is 0.353. The van der Waals surface area contributed by atoms with Crippen molar-refractivity contribution in [3.05, 3.63) is 48.4 Å². The topological polar surface area (TPSA) is 46.8 Å². The van der Waals surface area contributed by atoms with Gasteiger partial charge in [-0.05, 0) is 31.0 Å². The first-order valence-electron chi connectivity index (χ1n) is 7.76. The van der Waals surface area contributed by atoms with Gasteiger partial charge in [-0.15, -0.1) is 0 Å². The number of hydrogen-bond acceptors (Lipinski definition) is 4. The van der Waals surface area contributed by atoms with Crippen LogP contribution in [-0.4, -0.2) is 32.8 Å². The molecule has 0 radical (unpaired) electrons. The highest BCUT2D eigenvalue weighted by Crippen LogP contribution is 2.29. The molecular weight excluding hydrogens is 274 g/mol. The highest BCUT2D eigenvalue weighted by molar-refractivity contribution is 5.75. The average molecular weight is 293 g/mol. The Morgan fingerprint density at radius 3 is 2.82 bits per heavy atom.